The first-order valence-corrected chi connectivity index (χ1v) is 5.79. The quantitative estimate of drug-likeness (QED) is 0.884. The van der Waals surface area contributed by atoms with Crippen LogP contribution in [0.3, 0.4) is 0 Å². The van der Waals surface area contributed by atoms with E-state index in [9.17, 15) is 5.11 Å². The van der Waals surface area contributed by atoms with E-state index in [0.717, 1.165) is 15.6 Å². The molecule has 0 aliphatic heterocycles. The van der Waals surface area contributed by atoms with E-state index in [4.69, 9.17) is 0 Å². The van der Waals surface area contributed by atoms with E-state index in [-0.39, 0.29) is 0 Å². The van der Waals surface area contributed by atoms with Gasteiger partial charge < -0.3 is 9.67 Å². The van der Waals surface area contributed by atoms with Crippen LogP contribution in [0.25, 0.3) is 0 Å². The second-order valence-corrected chi connectivity index (χ2v) is 4.55. The Morgan fingerprint density at radius 3 is 2.75 bits per heavy atom. The molecule has 0 saturated carbocycles. The lowest BCUT2D eigenvalue weighted by Crippen LogP contribution is -1.95. The second-order valence-electron chi connectivity index (χ2n) is 3.54. The average Bonchev–Trinajstić information content (AvgIpc) is 2.65. The van der Waals surface area contributed by atoms with Gasteiger partial charge in [0.1, 0.15) is 6.33 Å². The lowest BCUT2D eigenvalue weighted by molar-refractivity contribution is 0.196. The Morgan fingerprint density at radius 1 is 1.38 bits per heavy atom. The lowest BCUT2D eigenvalue weighted by atomic mass is 10.1. The van der Waals surface area contributed by atoms with Crippen molar-refractivity contribution in [2.45, 2.75) is 23.1 Å². The Hall–Kier alpha value is -1.33. The highest BCUT2D eigenvalue weighted by molar-refractivity contribution is 7.99. The molecule has 0 fully saturated rings. The molecule has 4 nitrogen and oxygen atoms in total. The summed E-state index contributed by atoms with van der Waals surface area (Å²) < 4.78 is 1.85. The standard InChI is InChI=1S/C11H13N3OS/c1-8(15)9-5-3-4-6-10(9)16-11-13-12-7-14(11)2/h3-8,15H,1-2H3/t8-/m1/s1. The number of hydrogen-bond donors (Lipinski definition) is 1. The molecule has 0 radical (unpaired) electrons. The molecule has 0 unspecified atom stereocenters. The maximum absolute atomic E-state index is 9.65. The van der Waals surface area contributed by atoms with Crippen LogP contribution in [0.4, 0.5) is 0 Å². The first kappa shape index (κ1) is 11.2. The van der Waals surface area contributed by atoms with Gasteiger partial charge in [0.05, 0.1) is 6.10 Å². The van der Waals surface area contributed by atoms with Gasteiger partial charge in [-0.05, 0) is 30.3 Å². The molecule has 5 heteroatoms. The highest BCUT2D eigenvalue weighted by Crippen LogP contribution is 2.31. The summed E-state index contributed by atoms with van der Waals surface area (Å²) in [5, 5.41) is 18.3. The van der Waals surface area contributed by atoms with Crippen LogP contribution in [0, 0.1) is 0 Å². The molecule has 84 valence electrons. The Balaban J connectivity index is 2.31. The summed E-state index contributed by atoms with van der Waals surface area (Å²) in [7, 11) is 1.90. The second kappa shape index (κ2) is 4.67. The number of aliphatic hydroxyl groups is 1. The number of aromatic nitrogens is 3. The molecular weight excluding hydrogens is 222 g/mol. The van der Waals surface area contributed by atoms with Crippen molar-refractivity contribution in [3.05, 3.63) is 36.2 Å². The van der Waals surface area contributed by atoms with Crippen LogP contribution in [0.2, 0.25) is 0 Å². The van der Waals surface area contributed by atoms with Crippen LogP contribution >= 0.6 is 11.8 Å². The van der Waals surface area contributed by atoms with Gasteiger partial charge in [-0.3, -0.25) is 0 Å². The SMILES string of the molecule is C[C@@H](O)c1ccccc1Sc1nncn1C. The molecule has 0 amide bonds. The summed E-state index contributed by atoms with van der Waals surface area (Å²) in [4.78, 5) is 1.01. The van der Waals surface area contributed by atoms with E-state index < -0.39 is 6.10 Å². The maximum Gasteiger partial charge on any atom is 0.195 e. The number of nitrogens with zero attached hydrogens (tertiary/aromatic N) is 3. The van der Waals surface area contributed by atoms with Gasteiger partial charge in [-0.1, -0.05) is 18.2 Å². The number of hydrogen-bond acceptors (Lipinski definition) is 4. The van der Waals surface area contributed by atoms with Crippen molar-refractivity contribution in [3.63, 3.8) is 0 Å². The van der Waals surface area contributed by atoms with Gasteiger partial charge in [-0.25, -0.2) is 0 Å². The van der Waals surface area contributed by atoms with Gasteiger partial charge >= 0.3 is 0 Å². The minimum absolute atomic E-state index is 0.475. The van der Waals surface area contributed by atoms with Crippen molar-refractivity contribution in [3.8, 4) is 0 Å². The molecule has 1 heterocycles. The molecule has 2 aromatic rings. The number of aryl methyl sites for hydroxylation is 1. The molecule has 0 spiro atoms. The third-order valence-electron chi connectivity index (χ3n) is 2.24. The molecule has 1 aromatic carbocycles. The van der Waals surface area contributed by atoms with Crippen molar-refractivity contribution < 1.29 is 5.11 Å². The van der Waals surface area contributed by atoms with Crippen molar-refractivity contribution in [2.24, 2.45) is 7.05 Å². The number of benzene rings is 1. The largest absolute Gasteiger partial charge is 0.389 e. The molecule has 1 aromatic heterocycles. The minimum atomic E-state index is -0.475. The van der Waals surface area contributed by atoms with Crippen molar-refractivity contribution in [2.75, 3.05) is 0 Å². The Bertz CT molecular complexity index is 482. The van der Waals surface area contributed by atoms with Crippen LogP contribution in [-0.2, 0) is 7.05 Å². The van der Waals surface area contributed by atoms with Crippen molar-refractivity contribution >= 4 is 11.8 Å². The summed E-state index contributed by atoms with van der Waals surface area (Å²) in [6, 6.07) is 7.76. The third kappa shape index (κ3) is 2.25. The summed E-state index contributed by atoms with van der Waals surface area (Å²) in [5.41, 5.74) is 0.913. The fraction of sp³-hybridized carbons (Fsp3) is 0.273. The van der Waals surface area contributed by atoms with Crippen LogP contribution in [-0.4, -0.2) is 19.9 Å². The third-order valence-corrected chi connectivity index (χ3v) is 3.38. The summed E-state index contributed by atoms with van der Waals surface area (Å²) >= 11 is 1.51. The minimum Gasteiger partial charge on any atom is -0.389 e. The van der Waals surface area contributed by atoms with Crippen LogP contribution in [0.15, 0.2) is 40.6 Å². The summed E-state index contributed by atoms with van der Waals surface area (Å²) in [6.45, 7) is 1.76. The fourth-order valence-electron chi connectivity index (χ4n) is 1.38. The monoisotopic (exact) mass is 235 g/mol. The Kier molecular flexibility index (Phi) is 3.26. The predicted octanol–water partition coefficient (Wildman–Crippen LogP) is 2.02. The van der Waals surface area contributed by atoms with Gasteiger partial charge in [0.2, 0.25) is 0 Å². The van der Waals surface area contributed by atoms with Crippen molar-refractivity contribution in [1.29, 1.82) is 0 Å². The molecule has 16 heavy (non-hydrogen) atoms. The number of aliphatic hydroxyl groups excluding tert-OH is 1. The molecule has 0 aliphatic carbocycles. The van der Waals surface area contributed by atoms with Gasteiger partial charge in [0.25, 0.3) is 0 Å². The fourth-order valence-corrected chi connectivity index (χ4v) is 2.36. The van der Waals surface area contributed by atoms with E-state index in [0.29, 0.717) is 0 Å². The normalized spacial score (nSPS) is 12.7. The Labute approximate surface area is 98.3 Å². The zero-order valence-electron chi connectivity index (χ0n) is 9.16. The molecular formula is C11H13N3OS. The highest BCUT2D eigenvalue weighted by atomic mass is 32.2. The zero-order valence-corrected chi connectivity index (χ0v) is 9.98. The zero-order chi connectivity index (χ0) is 11.5. The van der Waals surface area contributed by atoms with Gasteiger partial charge in [0, 0.05) is 11.9 Å². The van der Waals surface area contributed by atoms with E-state index in [2.05, 4.69) is 10.2 Å². The molecule has 0 bridgehead atoms. The van der Waals surface area contributed by atoms with Gasteiger partial charge in [0.15, 0.2) is 5.16 Å². The average molecular weight is 235 g/mol. The first-order chi connectivity index (χ1) is 7.68. The van der Waals surface area contributed by atoms with E-state index in [1.807, 2.05) is 35.9 Å². The molecule has 0 aliphatic rings. The van der Waals surface area contributed by atoms with Gasteiger partial charge in [-0.2, -0.15) is 0 Å². The smallest absolute Gasteiger partial charge is 0.195 e. The molecule has 1 N–H and O–H groups in total. The highest BCUT2D eigenvalue weighted by Gasteiger charge is 2.10. The van der Waals surface area contributed by atoms with Crippen LogP contribution in [0.5, 0.6) is 0 Å². The maximum atomic E-state index is 9.65. The number of rotatable bonds is 3. The summed E-state index contributed by atoms with van der Waals surface area (Å²) in [6.07, 6.45) is 1.18. The molecule has 0 saturated heterocycles. The van der Waals surface area contributed by atoms with E-state index in [1.165, 1.54) is 11.8 Å². The topological polar surface area (TPSA) is 50.9 Å². The van der Waals surface area contributed by atoms with E-state index >= 15 is 0 Å². The first-order valence-electron chi connectivity index (χ1n) is 4.97. The van der Waals surface area contributed by atoms with Gasteiger partial charge in [-0.15, -0.1) is 10.2 Å². The van der Waals surface area contributed by atoms with Crippen molar-refractivity contribution in [1.82, 2.24) is 14.8 Å². The van der Waals surface area contributed by atoms with E-state index in [1.54, 1.807) is 13.3 Å². The lowest BCUT2D eigenvalue weighted by Gasteiger charge is -2.10. The predicted molar refractivity (Wildman–Crippen MR) is 62.2 cm³/mol. The molecule has 2 rings (SSSR count). The summed E-state index contributed by atoms with van der Waals surface area (Å²) in [5.74, 6) is 0. The van der Waals surface area contributed by atoms with Crippen LogP contribution in [0.1, 0.15) is 18.6 Å². The molecule has 1 atom stereocenters. The van der Waals surface area contributed by atoms with Crippen LogP contribution < -0.4 is 0 Å². The Morgan fingerprint density at radius 2 is 2.12 bits per heavy atom.